The number of rotatable bonds is 7. The molecule has 1 aliphatic rings. The zero-order valence-electron chi connectivity index (χ0n) is 17.9. The van der Waals surface area contributed by atoms with E-state index in [2.05, 4.69) is 19.2 Å². The van der Waals surface area contributed by atoms with Gasteiger partial charge in [-0.05, 0) is 49.6 Å². The minimum Gasteiger partial charge on any atom is -0.348 e. The van der Waals surface area contributed by atoms with Gasteiger partial charge in [-0.1, -0.05) is 13.8 Å². The van der Waals surface area contributed by atoms with Crippen LogP contribution in [0.4, 0.5) is 5.69 Å². The van der Waals surface area contributed by atoms with Crippen LogP contribution in [0, 0.1) is 11.8 Å². The van der Waals surface area contributed by atoms with Gasteiger partial charge in [0, 0.05) is 32.9 Å². The number of likely N-dealkylation sites (N-methyl/N-ethyl adjacent to an activating group) is 2. The fourth-order valence-corrected chi connectivity index (χ4v) is 5.21. The molecule has 1 saturated heterocycles. The first kappa shape index (κ1) is 23.3. The highest BCUT2D eigenvalue weighted by Crippen LogP contribution is 2.27. The number of carbonyl (C=O) groups excluding carboxylic acids is 2. The van der Waals surface area contributed by atoms with Crippen LogP contribution in [0.3, 0.4) is 0 Å². The van der Waals surface area contributed by atoms with Gasteiger partial charge in [-0.25, -0.2) is 8.42 Å². The number of sulfonamides is 1. The van der Waals surface area contributed by atoms with Crippen LogP contribution in [0.5, 0.6) is 0 Å². The van der Waals surface area contributed by atoms with Gasteiger partial charge in [0.1, 0.15) is 0 Å². The third-order valence-electron chi connectivity index (χ3n) is 4.93. The van der Waals surface area contributed by atoms with Crippen molar-refractivity contribution in [2.75, 3.05) is 52.6 Å². The van der Waals surface area contributed by atoms with E-state index in [0.717, 1.165) is 6.42 Å². The Bertz CT molecular complexity index is 813. The van der Waals surface area contributed by atoms with E-state index in [4.69, 9.17) is 0 Å². The molecule has 2 rings (SSSR count). The summed E-state index contributed by atoms with van der Waals surface area (Å²) in [5, 5.41) is 2.73. The van der Waals surface area contributed by atoms with Gasteiger partial charge in [0.05, 0.1) is 18.0 Å². The van der Waals surface area contributed by atoms with Gasteiger partial charge >= 0.3 is 0 Å². The molecule has 0 aliphatic carbocycles. The summed E-state index contributed by atoms with van der Waals surface area (Å²) in [6.07, 6.45) is 1.03. The molecule has 1 aromatic rings. The van der Waals surface area contributed by atoms with Crippen molar-refractivity contribution < 1.29 is 18.0 Å². The topological polar surface area (TPSA) is 90.0 Å². The van der Waals surface area contributed by atoms with Gasteiger partial charge in [0.15, 0.2) is 0 Å². The molecule has 9 heteroatoms. The maximum absolute atomic E-state index is 12.9. The van der Waals surface area contributed by atoms with Crippen molar-refractivity contribution in [1.29, 1.82) is 0 Å². The van der Waals surface area contributed by atoms with E-state index in [1.165, 1.54) is 17.0 Å². The van der Waals surface area contributed by atoms with E-state index in [1.807, 2.05) is 0 Å². The van der Waals surface area contributed by atoms with E-state index in [1.54, 1.807) is 42.5 Å². The van der Waals surface area contributed by atoms with Crippen molar-refractivity contribution in [2.45, 2.75) is 25.2 Å². The van der Waals surface area contributed by atoms with Crippen molar-refractivity contribution in [3.05, 3.63) is 24.3 Å². The fourth-order valence-electron chi connectivity index (χ4n) is 3.54. The SMILES string of the molecule is C[C@H]1C[C@H](C)CN(S(=O)(=O)c2ccc(NC(=O)CN(C)CC(=O)N(C)C)cc2)C1. The molecule has 0 saturated carbocycles. The van der Waals surface area contributed by atoms with Crippen LogP contribution in [0.25, 0.3) is 0 Å². The summed E-state index contributed by atoms with van der Waals surface area (Å²) in [5.41, 5.74) is 0.515. The highest BCUT2D eigenvalue weighted by atomic mass is 32.2. The van der Waals surface area contributed by atoms with Crippen LogP contribution in [0.1, 0.15) is 20.3 Å². The smallest absolute Gasteiger partial charge is 0.243 e. The van der Waals surface area contributed by atoms with Gasteiger partial charge in [0.25, 0.3) is 0 Å². The fraction of sp³-hybridized carbons (Fsp3) is 0.600. The predicted molar refractivity (Wildman–Crippen MR) is 113 cm³/mol. The number of carbonyl (C=O) groups is 2. The second kappa shape index (κ2) is 9.69. The molecule has 2 atom stereocenters. The second-order valence-electron chi connectivity index (χ2n) is 8.30. The molecule has 1 N–H and O–H groups in total. The molecule has 0 radical (unpaired) electrons. The van der Waals surface area contributed by atoms with Gasteiger partial charge in [0.2, 0.25) is 21.8 Å². The molecule has 29 heavy (non-hydrogen) atoms. The van der Waals surface area contributed by atoms with E-state index in [-0.39, 0.29) is 29.8 Å². The van der Waals surface area contributed by atoms with Crippen LogP contribution < -0.4 is 5.32 Å². The summed E-state index contributed by atoms with van der Waals surface area (Å²) in [6.45, 7) is 5.40. The Kier molecular flexibility index (Phi) is 7.79. The van der Waals surface area contributed by atoms with Crippen LogP contribution in [0.2, 0.25) is 0 Å². The number of nitrogens with one attached hydrogen (secondary N) is 1. The molecule has 1 aliphatic heterocycles. The van der Waals surface area contributed by atoms with Crippen molar-refractivity contribution in [3.8, 4) is 0 Å². The molecular weight excluding hydrogens is 392 g/mol. The Labute approximate surface area is 173 Å². The lowest BCUT2D eigenvalue weighted by atomic mass is 9.94. The standard InChI is InChI=1S/C20H32N4O4S/c1-15-10-16(2)12-24(11-15)29(27,28)18-8-6-17(7-9-18)21-19(25)13-23(5)14-20(26)22(3)4/h6-9,15-16H,10-14H2,1-5H3,(H,21,25)/t15-,16-/m0/s1. The second-order valence-corrected chi connectivity index (χ2v) is 10.2. The number of anilines is 1. The largest absolute Gasteiger partial charge is 0.348 e. The summed E-state index contributed by atoms with van der Waals surface area (Å²) < 4.78 is 27.4. The van der Waals surface area contributed by atoms with E-state index >= 15 is 0 Å². The zero-order valence-corrected chi connectivity index (χ0v) is 18.7. The highest BCUT2D eigenvalue weighted by Gasteiger charge is 2.31. The first-order valence-electron chi connectivity index (χ1n) is 9.77. The van der Waals surface area contributed by atoms with Crippen LogP contribution in [-0.2, 0) is 19.6 Å². The van der Waals surface area contributed by atoms with Crippen molar-refractivity contribution in [1.82, 2.24) is 14.1 Å². The quantitative estimate of drug-likeness (QED) is 0.713. The number of hydrogen-bond acceptors (Lipinski definition) is 5. The third-order valence-corrected chi connectivity index (χ3v) is 6.77. The van der Waals surface area contributed by atoms with Gasteiger partial charge in [-0.2, -0.15) is 4.31 Å². The van der Waals surface area contributed by atoms with Gasteiger partial charge in [-0.15, -0.1) is 0 Å². The number of piperidine rings is 1. The normalized spacial score (nSPS) is 20.5. The molecule has 0 bridgehead atoms. The minimum atomic E-state index is -3.54. The molecule has 2 amide bonds. The Morgan fingerprint density at radius 3 is 2.10 bits per heavy atom. The highest BCUT2D eigenvalue weighted by molar-refractivity contribution is 7.89. The van der Waals surface area contributed by atoms with Crippen molar-refractivity contribution in [2.24, 2.45) is 11.8 Å². The Hall–Kier alpha value is -1.97. The van der Waals surface area contributed by atoms with E-state index < -0.39 is 10.0 Å². The maximum atomic E-state index is 12.9. The molecule has 0 spiro atoms. The minimum absolute atomic E-state index is 0.0587. The first-order chi connectivity index (χ1) is 13.5. The Morgan fingerprint density at radius 2 is 1.59 bits per heavy atom. The molecule has 1 aromatic carbocycles. The lowest BCUT2D eigenvalue weighted by Gasteiger charge is -2.34. The molecule has 0 unspecified atom stereocenters. The van der Waals surface area contributed by atoms with Crippen LogP contribution in [0.15, 0.2) is 29.2 Å². The summed E-state index contributed by atoms with van der Waals surface area (Å²) in [7, 11) is 1.48. The summed E-state index contributed by atoms with van der Waals surface area (Å²) in [6, 6.07) is 6.22. The zero-order chi connectivity index (χ0) is 21.8. The lowest BCUT2D eigenvalue weighted by molar-refractivity contribution is -0.130. The number of amides is 2. The Morgan fingerprint density at radius 1 is 1.03 bits per heavy atom. The van der Waals surface area contributed by atoms with Gasteiger partial charge in [-0.3, -0.25) is 14.5 Å². The molecule has 1 fully saturated rings. The number of nitrogens with zero attached hydrogens (tertiary/aromatic N) is 3. The third kappa shape index (κ3) is 6.52. The predicted octanol–water partition coefficient (Wildman–Crippen LogP) is 1.31. The van der Waals surface area contributed by atoms with E-state index in [0.29, 0.717) is 30.6 Å². The molecular formula is C20H32N4O4S. The van der Waals surface area contributed by atoms with Crippen LogP contribution in [-0.4, -0.2) is 81.7 Å². The molecule has 8 nitrogen and oxygen atoms in total. The monoisotopic (exact) mass is 424 g/mol. The van der Waals surface area contributed by atoms with Crippen LogP contribution >= 0.6 is 0 Å². The summed E-state index contributed by atoms with van der Waals surface area (Å²) >= 11 is 0. The summed E-state index contributed by atoms with van der Waals surface area (Å²) in [5.74, 6) is 0.316. The average Bonchev–Trinajstić information content (AvgIpc) is 2.60. The average molecular weight is 425 g/mol. The Balaban J connectivity index is 1.97. The lowest BCUT2D eigenvalue weighted by Crippen LogP contribution is -2.42. The van der Waals surface area contributed by atoms with E-state index in [9.17, 15) is 18.0 Å². The first-order valence-corrected chi connectivity index (χ1v) is 11.2. The molecule has 1 heterocycles. The molecule has 162 valence electrons. The van der Waals surface area contributed by atoms with Crippen molar-refractivity contribution >= 4 is 27.5 Å². The maximum Gasteiger partial charge on any atom is 0.243 e. The number of benzene rings is 1. The van der Waals surface area contributed by atoms with Gasteiger partial charge < -0.3 is 10.2 Å². The van der Waals surface area contributed by atoms with Crippen molar-refractivity contribution in [3.63, 3.8) is 0 Å². The summed E-state index contributed by atoms with van der Waals surface area (Å²) in [4.78, 5) is 27.2. The number of hydrogen-bond donors (Lipinski definition) is 1. The molecule has 0 aromatic heterocycles.